The highest BCUT2D eigenvalue weighted by Gasteiger charge is 2.32. The lowest BCUT2D eigenvalue weighted by atomic mass is 9.88. The summed E-state index contributed by atoms with van der Waals surface area (Å²) in [6, 6.07) is 6.48. The van der Waals surface area contributed by atoms with Gasteiger partial charge in [-0.3, -0.25) is 4.79 Å². The minimum atomic E-state index is -0.236. The first-order valence-corrected chi connectivity index (χ1v) is 7.12. The van der Waals surface area contributed by atoms with E-state index in [9.17, 15) is 9.18 Å². The molecule has 4 heteroatoms. The quantitative estimate of drug-likeness (QED) is 0.920. The van der Waals surface area contributed by atoms with E-state index in [0.29, 0.717) is 19.6 Å². The van der Waals surface area contributed by atoms with Crippen LogP contribution in [0, 0.1) is 11.7 Å². The van der Waals surface area contributed by atoms with Crippen LogP contribution in [-0.4, -0.2) is 24.7 Å². The van der Waals surface area contributed by atoms with Gasteiger partial charge in [-0.1, -0.05) is 12.1 Å². The molecule has 1 aromatic carbocycles. The Morgan fingerprint density at radius 3 is 3.00 bits per heavy atom. The monoisotopic (exact) mass is 279 g/mol. The van der Waals surface area contributed by atoms with Crippen LogP contribution >= 0.6 is 0 Å². The van der Waals surface area contributed by atoms with E-state index in [4.69, 9.17) is 4.74 Å². The Morgan fingerprint density at radius 2 is 2.30 bits per heavy atom. The predicted octanol–water partition coefficient (Wildman–Crippen LogP) is 2.69. The zero-order valence-electron chi connectivity index (χ0n) is 12.1. The number of rotatable bonds is 4. The molecule has 0 aromatic heterocycles. The summed E-state index contributed by atoms with van der Waals surface area (Å²) >= 11 is 0. The van der Waals surface area contributed by atoms with Crippen molar-refractivity contribution < 1.29 is 13.9 Å². The first-order valence-electron chi connectivity index (χ1n) is 7.12. The van der Waals surface area contributed by atoms with E-state index in [1.165, 1.54) is 12.1 Å². The van der Waals surface area contributed by atoms with Crippen LogP contribution in [0.25, 0.3) is 0 Å². The van der Waals surface area contributed by atoms with Crippen LogP contribution < -0.4 is 5.32 Å². The Morgan fingerprint density at radius 1 is 1.50 bits per heavy atom. The van der Waals surface area contributed by atoms with Crippen molar-refractivity contribution in [2.75, 3.05) is 13.2 Å². The third-order valence-corrected chi connectivity index (χ3v) is 3.67. The summed E-state index contributed by atoms with van der Waals surface area (Å²) < 4.78 is 18.6. The number of halogens is 1. The van der Waals surface area contributed by atoms with Gasteiger partial charge in [0.1, 0.15) is 5.82 Å². The van der Waals surface area contributed by atoms with Crippen LogP contribution in [0.5, 0.6) is 0 Å². The summed E-state index contributed by atoms with van der Waals surface area (Å²) in [4.78, 5) is 12.1. The van der Waals surface area contributed by atoms with Gasteiger partial charge in [0.05, 0.1) is 5.60 Å². The lowest BCUT2D eigenvalue weighted by Gasteiger charge is -2.34. The van der Waals surface area contributed by atoms with Crippen molar-refractivity contribution in [2.45, 2.75) is 38.7 Å². The van der Waals surface area contributed by atoms with Gasteiger partial charge < -0.3 is 10.1 Å². The average Bonchev–Trinajstić information content (AvgIpc) is 2.37. The smallest absolute Gasteiger partial charge is 0.223 e. The van der Waals surface area contributed by atoms with Crippen molar-refractivity contribution in [2.24, 2.45) is 5.92 Å². The lowest BCUT2D eigenvalue weighted by Crippen LogP contribution is -2.41. The van der Waals surface area contributed by atoms with Crippen molar-refractivity contribution >= 4 is 5.91 Å². The largest absolute Gasteiger partial charge is 0.376 e. The second-order valence-electron chi connectivity index (χ2n) is 5.97. The molecule has 1 atom stereocenters. The fourth-order valence-corrected chi connectivity index (χ4v) is 2.62. The normalized spacial score (nSPS) is 21.4. The van der Waals surface area contributed by atoms with Crippen molar-refractivity contribution in [1.82, 2.24) is 5.32 Å². The third-order valence-electron chi connectivity index (χ3n) is 3.67. The molecule has 0 radical (unpaired) electrons. The molecule has 0 spiro atoms. The van der Waals surface area contributed by atoms with Crippen LogP contribution in [0.15, 0.2) is 24.3 Å². The van der Waals surface area contributed by atoms with Gasteiger partial charge in [-0.2, -0.15) is 0 Å². The molecule has 1 aliphatic heterocycles. The maximum absolute atomic E-state index is 13.0. The average molecular weight is 279 g/mol. The molecule has 1 amide bonds. The minimum Gasteiger partial charge on any atom is -0.376 e. The third kappa shape index (κ3) is 4.30. The number of amides is 1. The van der Waals surface area contributed by atoms with Crippen LogP contribution in [0.3, 0.4) is 0 Å². The summed E-state index contributed by atoms with van der Waals surface area (Å²) in [5, 5.41) is 2.94. The molecule has 20 heavy (non-hydrogen) atoms. The van der Waals surface area contributed by atoms with Gasteiger partial charge >= 0.3 is 0 Å². The number of benzene rings is 1. The van der Waals surface area contributed by atoms with Gasteiger partial charge in [0.2, 0.25) is 5.91 Å². The highest BCUT2D eigenvalue weighted by atomic mass is 19.1. The second-order valence-corrected chi connectivity index (χ2v) is 5.97. The predicted molar refractivity (Wildman–Crippen MR) is 75.9 cm³/mol. The van der Waals surface area contributed by atoms with E-state index >= 15 is 0 Å². The minimum absolute atomic E-state index is 0.0197. The molecule has 3 nitrogen and oxygen atoms in total. The summed E-state index contributed by atoms with van der Waals surface area (Å²) in [6.45, 7) is 5.20. The van der Waals surface area contributed by atoms with Gasteiger partial charge in [-0.25, -0.2) is 4.39 Å². The number of carbonyl (C=O) groups is 1. The number of nitrogens with one attached hydrogen (secondary N) is 1. The molecule has 110 valence electrons. The highest BCUT2D eigenvalue weighted by Crippen LogP contribution is 2.28. The Bertz CT molecular complexity index is 473. The highest BCUT2D eigenvalue weighted by molar-refractivity contribution is 5.78. The molecule has 0 unspecified atom stereocenters. The SMILES string of the molecule is CC1(C)C[C@H](C(=O)NCCc2cccc(F)c2)CCO1. The van der Waals surface area contributed by atoms with E-state index in [1.807, 2.05) is 19.9 Å². The van der Waals surface area contributed by atoms with Crippen molar-refractivity contribution in [3.63, 3.8) is 0 Å². The van der Waals surface area contributed by atoms with Crippen molar-refractivity contribution in [1.29, 1.82) is 0 Å². The molecule has 1 heterocycles. The van der Waals surface area contributed by atoms with Gasteiger partial charge in [0.15, 0.2) is 0 Å². The topological polar surface area (TPSA) is 38.3 Å². The second kappa shape index (κ2) is 6.35. The Labute approximate surface area is 119 Å². The molecular formula is C16H22FNO2. The van der Waals surface area contributed by atoms with Gasteiger partial charge in [0, 0.05) is 19.1 Å². The molecule has 1 saturated heterocycles. The van der Waals surface area contributed by atoms with Gasteiger partial charge in [-0.15, -0.1) is 0 Å². The summed E-state index contributed by atoms with van der Waals surface area (Å²) in [6.07, 6.45) is 2.17. The summed E-state index contributed by atoms with van der Waals surface area (Å²) in [5.74, 6) is -0.135. The fraction of sp³-hybridized carbons (Fsp3) is 0.562. The van der Waals surface area contributed by atoms with Crippen molar-refractivity contribution in [3.8, 4) is 0 Å². The number of ether oxygens (including phenoxy) is 1. The Kier molecular flexibility index (Phi) is 4.76. The molecule has 1 aliphatic rings. The van der Waals surface area contributed by atoms with Gasteiger partial charge in [-0.05, 0) is 50.8 Å². The number of carbonyl (C=O) groups excluding carboxylic acids is 1. The number of hydrogen-bond acceptors (Lipinski definition) is 2. The molecule has 1 aromatic rings. The molecular weight excluding hydrogens is 257 g/mol. The van der Waals surface area contributed by atoms with Crippen LogP contribution in [0.4, 0.5) is 4.39 Å². The lowest BCUT2D eigenvalue weighted by molar-refractivity contribution is -0.135. The van der Waals surface area contributed by atoms with E-state index in [1.54, 1.807) is 6.07 Å². The zero-order chi connectivity index (χ0) is 14.6. The summed E-state index contributed by atoms with van der Waals surface area (Å²) in [5.41, 5.74) is 0.681. The van der Waals surface area contributed by atoms with Crippen molar-refractivity contribution in [3.05, 3.63) is 35.6 Å². The number of hydrogen-bond donors (Lipinski definition) is 1. The molecule has 1 fully saturated rings. The fourth-order valence-electron chi connectivity index (χ4n) is 2.62. The standard InChI is InChI=1S/C16H22FNO2/c1-16(2)11-13(7-9-20-16)15(19)18-8-6-12-4-3-5-14(17)10-12/h3-5,10,13H,6-9,11H2,1-2H3,(H,18,19)/t13-/m1/s1. The zero-order valence-corrected chi connectivity index (χ0v) is 12.1. The Hall–Kier alpha value is -1.42. The first kappa shape index (κ1) is 15.0. The van der Waals surface area contributed by atoms with Crippen LogP contribution in [0.2, 0.25) is 0 Å². The maximum atomic E-state index is 13.0. The van der Waals surface area contributed by atoms with E-state index in [-0.39, 0.29) is 23.2 Å². The Balaban J connectivity index is 1.78. The molecule has 2 rings (SSSR count). The molecule has 0 saturated carbocycles. The van der Waals surface area contributed by atoms with Crippen LogP contribution in [-0.2, 0) is 16.0 Å². The summed E-state index contributed by atoms with van der Waals surface area (Å²) in [7, 11) is 0. The van der Waals surface area contributed by atoms with E-state index in [2.05, 4.69) is 5.32 Å². The van der Waals surface area contributed by atoms with Crippen LogP contribution in [0.1, 0.15) is 32.3 Å². The molecule has 0 bridgehead atoms. The maximum Gasteiger partial charge on any atom is 0.223 e. The first-order chi connectivity index (χ1) is 9.46. The van der Waals surface area contributed by atoms with Gasteiger partial charge in [0.25, 0.3) is 0 Å². The molecule has 0 aliphatic carbocycles. The molecule has 1 N–H and O–H groups in total. The van der Waals surface area contributed by atoms with E-state index in [0.717, 1.165) is 18.4 Å². The van der Waals surface area contributed by atoms with E-state index < -0.39 is 0 Å².